The Morgan fingerprint density at radius 3 is 2.10 bits per heavy atom. The van der Waals surface area contributed by atoms with Gasteiger partial charge in [0.2, 0.25) is 0 Å². The van der Waals surface area contributed by atoms with Crippen LogP contribution >= 0.6 is 11.6 Å². The van der Waals surface area contributed by atoms with Gasteiger partial charge in [-0.15, -0.1) is 0 Å². The van der Waals surface area contributed by atoms with Crippen LogP contribution in [0.25, 0.3) is 0 Å². The van der Waals surface area contributed by atoms with E-state index in [0.717, 1.165) is 0 Å². The van der Waals surface area contributed by atoms with E-state index in [2.05, 4.69) is 9.47 Å². The zero-order valence-electron chi connectivity index (χ0n) is 6.10. The molecular weight excluding hydrogens is 156 g/mol. The number of methoxy groups -OCH3 is 2. The van der Waals surface area contributed by atoms with Crippen molar-refractivity contribution in [1.82, 2.24) is 0 Å². The molecule has 0 unspecified atom stereocenters. The standard InChI is InChI=1S/C6H9ClO3/c1-4(9-2)5(7)6(8)10-3/h1-3H3/b5-4+. The zero-order chi connectivity index (χ0) is 8.15. The molecule has 0 atom stereocenters. The molecule has 0 bridgehead atoms. The smallest absolute Gasteiger partial charge is 0.352 e. The van der Waals surface area contributed by atoms with Crippen LogP contribution in [0.1, 0.15) is 6.92 Å². The van der Waals surface area contributed by atoms with Crippen molar-refractivity contribution >= 4 is 17.6 Å². The van der Waals surface area contributed by atoms with Gasteiger partial charge in [-0.05, 0) is 6.92 Å². The van der Waals surface area contributed by atoms with Crippen molar-refractivity contribution in [3.05, 3.63) is 10.8 Å². The fourth-order valence-corrected chi connectivity index (χ4v) is 0.477. The molecular formula is C6H9ClO3. The Balaban J connectivity index is 4.30. The van der Waals surface area contributed by atoms with Crippen molar-refractivity contribution in [1.29, 1.82) is 0 Å². The third-order valence-corrected chi connectivity index (χ3v) is 1.40. The first-order valence-electron chi connectivity index (χ1n) is 2.62. The average Bonchev–Trinajstić information content (AvgIpc) is 2.00. The summed E-state index contributed by atoms with van der Waals surface area (Å²) in [6, 6.07) is 0. The number of rotatable bonds is 2. The highest BCUT2D eigenvalue weighted by Gasteiger charge is 2.09. The molecule has 0 N–H and O–H groups in total. The lowest BCUT2D eigenvalue weighted by molar-refractivity contribution is -0.135. The lowest BCUT2D eigenvalue weighted by Gasteiger charge is -2.00. The van der Waals surface area contributed by atoms with Gasteiger partial charge in [0.25, 0.3) is 0 Å². The van der Waals surface area contributed by atoms with Gasteiger partial charge in [0, 0.05) is 0 Å². The molecule has 0 saturated heterocycles. The van der Waals surface area contributed by atoms with Crippen LogP contribution in [0.3, 0.4) is 0 Å². The van der Waals surface area contributed by atoms with Crippen LogP contribution in [0.4, 0.5) is 0 Å². The molecule has 0 aromatic carbocycles. The van der Waals surface area contributed by atoms with Crippen molar-refractivity contribution in [2.45, 2.75) is 6.92 Å². The summed E-state index contributed by atoms with van der Waals surface area (Å²) >= 11 is 5.46. The molecule has 0 aromatic rings. The predicted octanol–water partition coefficient (Wildman–Crippen LogP) is 1.28. The lowest BCUT2D eigenvalue weighted by Crippen LogP contribution is -2.02. The number of hydrogen-bond donors (Lipinski definition) is 0. The van der Waals surface area contributed by atoms with Gasteiger partial charge in [0.1, 0.15) is 5.76 Å². The van der Waals surface area contributed by atoms with Crippen LogP contribution in [0.2, 0.25) is 0 Å². The van der Waals surface area contributed by atoms with E-state index in [1.807, 2.05) is 0 Å². The van der Waals surface area contributed by atoms with Gasteiger partial charge in [0.05, 0.1) is 14.2 Å². The minimum absolute atomic E-state index is 0.0231. The number of esters is 1. The first kappa shape index (κ1) is 9.30. The molecule has 0 heterocycles. The van der Waals surface area contributed by atoms with E-state index in [1.54, 1.807) is 6.92 Å². The molecule has 10 heavy (non-hydrogen) atoms. The maximum Gasteiger partial charge on any atom is 0.352 e. The molecule has 0 aliphatic carbocycles. The second-order valence-electron chi connectivity index (χ2n) is 1.57. The third kappa shape index (κ3) is 2.27. The van der Waals surface area contributed by atoms with Crippen molar-refractivity contribution in [2.24, 2.45) is 0 Å². The zero-order valence-corrected chi connectivity index (χ0v) is 6.86. The largest absolute Gasteiger partial charge is 0.500 e. The Morgan fingerprint density at radius 2 is 1.80 bits per heavy atom. The average molecular weight is 165 g/mol. The summed E-state index contributed by atoms with van der Waals surface area (Å²) in [6.07, 6.45) is 0. The molecule has 0 aromatic heterocycles. The maximum atomic E-state index is 10.6. The molecule has 0 saturated carbocycles. The van der Waals surface area contributed by atoms with Gasteiger partial charge < -0.3 is 9.47 Å². The second-order valence-corrected chi connectivity index (χ2v) is 1.94. The first-order chi connectivity index (χ1) is 4.63. The summed E-state index contributed by atoms with van der Waals surface area (Å²) in [5, 5.41) is -0.0231. The molecule has 58 valence electrons. The fourth-order valence-electron chi connectivity index (χ4n) is 0.323. The van der Waals surface area contributed by atoms with Crippen LogP contribution in [0, 0.1) is 0 Å². The number of hydrogen-bond acceptors (Lipinski definition) is 3. The molecule has 0 aliphatic heterocycles. The third-order valence-electron chi connectivity index (χ3n) is 0.980. The number of halogens is 1. The predicted molar refractivity (Wildman–Crippen MR) is 37.6 cm³/mol. The maximum absolute atomic E-state index is 10.6. The Bertz CT molecular complexity index is 162. The Kier molecular flexibility index (Phi) is 3.88. The second kappa shape index (κ2) is 4.17. The number of carbonyl (C=O) groups is 1. The van der Waals surface area contributed by atoms with Crippen LogP contribution in [0.15, 0.2) is 10.8 Å². The highest BCUT2D eigenvalue weighted by Crippen LogP contribution is 2.10. The molecule has 0 aliphatic rings. The SMILES string of the molecule is COC(=O)/C(Cl)=C(/C)OC. The normalized spacial score (nSPS) is 12.0. The van der Waals surface area contributed by atoms with Crippen molar-refractivity contribution < 1.29 is 14.3 Å². The van der Waals surface area contributed by atoms with E-state index in [9.17, 15) is 4.79 Å². The van der Waals surface area contributed by atoms with E-state index < -0.39 is 5.97 Å². The van der Waals surface area contributed by atoms with Gasteiger partial charge in [-0.25, -0.2) is 4.79 Å². The monoisotopic (exact) mass is 164 g/mol. The van der Waals surface area contributed by atoms with E-state index in [4.69, 9.17) is 11.6 Å². The molecule has 0 amide bonds. The van der Waals surface area contributed by atoms with Gasteiger partial charge in [-0.2, -0.15) is 0 Å². The summed E-state index contributed by atoms with van der Waals surface area (Å²) in [7, 11) is 2.69. The van der Waals surface area contributed by atoms with Gasteiger partial charge in [-0.1, -0.05) is 11.6 Å². The summed E-state index contributed by atoms with van der Waals surface area (Å²) in [4.78, 5) is 10.6. The van der Waals surface area contributed by atoms with Crippen LogP contribution in [0.5, 0.6) is 0 Å². The Labute approximate surface area is 64.6 Å². The minimum Gasteiger partial charge on any atom is -0.500 e. The Morgan fingerprint density at radius 1 is 1.30 bits per heavy atom. The Hall–Kier alpha value is -0.700. The van der Waals surface area contributed by atoms with Gasteiger partial charge in [-0.3, -0.25) is 0 Å². The minimum atomic E-state index is -0.582. The summed E-state index contributed by atoms with van der Waals surface area (Å²) in [5.41, 5.74) is 0. The van der Waals surface area contributed by atoms with Crippen molar-refractivity contribution in [3.8, 4) is 0 Å². The van der Waals surface area contributed by atoms with Crippen LogP contribution < -0.4 is 0 Å². The molecule has 0 radical (unpaired) electrons. The lowest BCUT2D eigenvalue weighted by atomic mass is 10.5. The van der Waals surface area contributed by atoms with Crippen molar-refractivity contribution in [3.63, 3.8) is 0 Å². The highest BCUT2D eigenvalue weighted by atomic mass is 35.5. The summed E-state index contributed by atoms with van der Waals surface area (Å²) in [5.74, 6) is -0.227. The molecule has 0 fully saturated rings. The molecule has 4 heteroatoms. The van der Waals surface area contributed by atoms with Gasteiger partial charge >= 0.3 is 5.97 Å². The summed E-state index contributed by atoms with van der Waals surface area (Å²) < 4.78 is 9.01. The van der Waals surface area contributed by atoms with Crippen LogP contribution in [-0.2, 0) is 14.3 Å². The molecule has 3 nitrogen and oxygen atoms in total. The molecule has 0 rings (SSSR count). The van der Waals surface area contributed by atoms with Crippen LogP contribution in [-0.4, -0.2) is 20.2 Å². The first-order valence-corrected chi connectivity index (χ1v) is 3.00. The van der Waals surface area contributed by atoms with E-state index in [-0.39, 0.29) is 5.03 Å². The van der Waals surface area contributed by atoms with Crippen molar-refractivity contribution in [2.75, 3.05) is 14.2 Å². The molecule has 0 spiro atoms. The van der Waals surface area contributed by atoms with E-state index >= 15 is 0 Å². The topological polar surface area (TPSA) is 35.5 Å². The van der Waals surface area contributed by atoms with E-state index in [0.29, 0.717) is 5.76 Å². The number of ether oxygens (including phenoxy) is 2. The summed E-state index contributed by atoms with van der Waals surface area (Å²) in [6.45, 7) is 1.58. The van der Waals surface area contributed by atoms with Gasteiger partial charge in [0.15, 0.2) is 5.03 Å². The number of carbonyl (C=O) groups excluding carboxylic acids is 1. The highest BCUT2D eigenvalue weighted by molar-refractivity contribution is 6.41. The quantitative estimate of drug-likeness (QED) is 0.350. The number of allylic oxidation sites excluding steroid dienone is 1. The fraction of sp³-hybridized carbons (Fsp3) is 0.500. The van der Waals surface area contributed by atoms with E-state index in [1.165, 1.54) is 14.2 Å².